The standard InChI is InChI=1S/C30H27FN8O/c1-17-35-25-7-6-24(18-12-20(14-33-13-18)40-19-8-10-32-11-9-19)37-28(25)29(36-17)30-38-26-16-34-15-22(27(26)39-30)21-4-2-3-5-23(21)31/h2-7,12-17,19,32,35H,8-11H2,1H3,(H,38,39)/t17-/m1/s1. The summed E-state index contributed by atoms with van der Waals surface area (Å²) >= 11 is 0. The minimum atomic E-state index is -0.328. The summed E-state index contributed by atoms with van der Waals surface area (Å²) < 4.78 is 20.9. The average molecular weight is 535 g/mol. The van der Waals surface area contributed by atoms with E-state index in [4.69, 9.17) is 19.7 Å². The molecular formula is C30H27FN8O. The fourth-order valence-electron chi connectivity index (χ4n) is 5.25. The van der Waals surface area contributed by atoms with E-state index in [2.05, 4.69) is 25.6 Å². The van der Waals surface area contributed by atoms with Gasteiger partial charge in [-0.15, -0.1) is 0 Å². The molecule has 1 fully saturated rings. The first-order valence-corrected chi connectivity index (χ1v) is 13.4. The first-order chi connectivity index (χ1) is 19.6. The number of benzene rings is 1. The third kappa shape index (κ3) is 4.56. The van der Waals surface area contributed by atoms with Gasteiger partial charge in [0, 0.05) is 29.1 Å². The number of anilines is 1. The molecule has 0 bridgehead atoms. The SMILES string of the molecule is C[C@H]1N=C(c2nc3c(-c4ccccc4F)cncc3[nH]2)c2nc(-c3cncc(OC4CCNCC4)c3)ccc2N1. The summed E-state index contributed by atoms with van der Waals surface area (Å²) in [6, 6.07) is 12.6. The van der Waals surface area contributed by atoms with Gasteiger partial charge < -0.3 is 20.4 Å². The Morgan fingerprint density at radius 1 is 0.925 bits per heavy atom. The molecule has 10 heteroatoms. The number of hydrogen-bond donors (Lipinski definition) is 3. The fourth-order valence-corrected chi connectivity index (χ4v) is 5.25. The molecule has 40 heavy (non-hydrogen) atoms. The molecule has 2 aliphatic rings. The topological polar surface area (TPSA) is 113 Å². The van der Waals surface area contributed by atoms with Gasteiger partial charge in [0.25, 0.3) is 0 Å². The van der Waals surface area contributed by atoms with E-state index in [1.54, 1.807) is 43.0 Å². The second-order valence-corrected chi connectivity index (χ2v) is 10.0. The smallest absolute Gasteiger partial charge is 0.159 e. The number of aromatic nitrogens is 5. The zero-order valence-corrected chi connectivity index (χ0v) is 21.9. The van der Waals surface area contributed by atoms with Gasteiger partial charge in [-0.25, -0.2) is 14.4 Å². The van der Waals surface area contributed by atoms with Crippen LogP contribution in [-0.4, -0.2) is 56.0 Å². The Balaban J connectivity index is 1.27. The third-order valence-electron chi connectivity index (χ3n) is 7.19. The Morgan fingerprint density at radius 2 is 1.77 bits per heavy atom. The van der Waals surface area contributed by atoms with Crippen LogP contribution in [0.4, 0.5) is 10.1 Å². The molecule has 1 atom stereocenters. The third-order valence-corrected chi connectivity index (χ3v) is 7.19. The Morgan fingerprint density at radius 3 is 2.65 bits per heavy atom. The van der Waals surface area contributed by atoms with Crippen LogP contribution in [0.25, 0.3) is 33.4 Å². The number of rotatable bonds is 5. The van der Waals surface area contributed by atoms with Gasteiger partial charge in [-0.3, -0.25) is 15.0 Å². The molecule has 200 valence electrons. The van der Waals surface area contributed by atoms with Gasteiger partial charge in [0.15, 0.2) is 5.82 Å². The first kappa shape index (κ1) is 24.3. The van der Waals surface area contributed by atoms with Crippen molar-refractivity contribution < 1.29 is 9.13 Å². The lowest BCUT2D eigenvalue weighted by Crippen LogP contribution is -2.34. The second-order valence-electron chi connectivity index (χ2n) is 10.0. The molecule has 1 aromatic carbocycles. The summed E-state index contributed by atoms with van der Waals surface area (Å²) in [5.74, 6) is 0.946. The predicted molar refractivity (Wildman–Crippen MR) is 152 cm³/mol. The van der Waals surface area contributed by atoms with Crippen LogP contribution in [0.5, 0.6) is 5.75 Å². The molecule has 9 nitrogen and oxygen atoms in total. The molecule has 0 saturated carbocycles. The van der Waals surface area contributed by atoms with E-state index in [9.17, 15) is 4.39 Å². The van der Waals surface area contributed by atoms with Gasteiger partial charge in [-0.1, -0.05) is 18.2 Å². The number of aliphatic imine (C=N–C) groups is 1. The van der Waals surface area contributed by atoms with E-state index in [0.717, 1.165) is 48.6 Å². The molecule has 0 spiro atoms. The van der Waals surface area contributed by atoms with Crippen LogP contribution >= 0.6 is 0 Å². The number of nitrogens with zero attached hydrogens (tertiary/aromatic N) is 5. The number of aromatic amines is 1. The van der Waals surface area contributed by atoms with Crippen LogP contribution in [0.15, 0.2) is 72.2 Å². The van der Waals surface area contributed by atoms with E-state index in [1.165, 1.54) is 6.07 Å². The molecule has 0 amide bonds. The van der Waals surface area contributed by atoms with Gasteiger partial charge in [-0.05, 0) is 57.1 Å². The van der Waals surface area contributed by atoms with Crippen LogP contribution in [0.3, 0.4) is 0 Å². The zero-order chi connectivity index (χ0) is 27.1. The number of piperidine rings is 1. The lowest BCUT2D eigenvalue weighted by molar-refractivity contribution is 0.162. The summed E-state index contributed by atoms with van der Waals surface area (Å²) in [6.45, 7) is 3.88. The summed E-state index contributed by atoms with van der Waals surface area (Å²) in [6.07, 6.45) is 8.78. The molecule has 0 aliphatic carbocycles. The maximum absolute atomic E-state index is 14.7. The summed E-state index contributed by atoms with van der Waals surface area (Å²) in [5, 5.41) is 6.74. The van der Waals surface area contributed by atoms with Crippen molar-refractivity contribution in [2.24, 2.45) is 4.99 Å². The van der Waals surface area contributed by atoms with Crippen LogP contribution in [0, 0.1) is 5.82 Å². The van der Waals surface area contributed by atoms with Crippen LogP contribution in [0.1, 0.15) is 31.3 Å². The van der Waals surface area contributed by atoms with E-state index in [0.29, 0.717) is 39.4 Å². The number of halogens is 1. The Labute approximate surface area is 230 Å². The Kier molecular flexibility index (Phi) is 6.16. The normalized spacial score (nSPS) is 17.2. The van der Waals surface area contributed by atoms with Crippen molar-refractivity contribution in [3.8, 4) is 28.1 Å². The molecule has 0 unspecified atom stereocenters. The maximum atomic E-state index is 14.7. The van der Waals surface area contributed by atoms with Crippen molar-refractivity contribution in [2.45, 2.75) is 32.0 Å². The lowest BCUT2D eigenvalue weighted by Gasteiger charge is -2.24. The van der Waals surface area contributed by atoms with Gasteiger partial charge in [0.2, 0.25) is 0 Å². The van der Waals surface area contributed by atoms with Crippen molar-refractivity contribution in [1.82, 2.24) is 30.2 Å². The highest BCUT2D eigenvalue weighted by atomic mass is 19.1. The van der Waals surface area contributed by atoms with E-state index in [1.807, 2.05) is 25.1 Å². The predicted octanol–water partition coefficient (Wildman–Crippen LogP) is 4.96. The van der Waals surface area contributed by atoms with Gasteiger partial charge in [0.05, 0.1) is 29.3 Å². The lowest BCUT2D eigenvalue weighted by atomic mass is 10.1. The number of hydrogen-bond acceptors (Lipinski definition) is 8. The molecule has 3 N–H and O–H groups in total. The molecule has 4 aromatic heterocycles. The molecule has 0 radical (unpaired) electrons. The quantitative estimate of drug-likeness (QED) is 0.292. The number of fused-ring (bicyclic) bond motifs is 2. The van der Waals surface area contributed by atoms with Gasteiger partial charge in [0.1, 0.15) is 40.8 Å². The monoisotopic (exact) mass is 534 g/mol. The van der Waals surface area contributed by atoms with Crippen molar-refractivity contribution in [2.75, 3.05) is 18.4 Å². The van der Waals surface area contributed by atoms with Crippen molar-refractivity contribution in [3.63, 3.8) is 0 Å². The largest absolute Gasteiger partial charge is 0.489 e. The van der Waals surface area contributed by atoms with Gasteiger partial charge in [-0.2, -0.15) is 0 Å². The minimum Gasteiger partial charge on any atom is -0.489 e. The van der Waals surface area contributed by atoms with E-state index in [-0.39, 0.29) is 18.1 Å². The molecule has 1 saturated heterocycles. The molecular weight excluding hydrogens is 507 g/mol. The molecule has 2 aliphatic heterocycles. The van der Waals surface area contributed by atoms with Gasteiger partial charge >= 0.3 is 0 Å². The van der Waals surface area contributed by atoms with Crippen LogP contribution in [0.2, 0.25) is 0 Å². The number of nitrogens with one attached hydrogen (secondary N) is 3. The number of H-pyrrole nitrogens is 1. The number of ether oxygens (including phenoxy) is 1. The first-order valence-electron chi connectivity index (χ1n) is 13.4. The summed E-state index contributed by atoms with van der Waals surface area (Å²) in [4.78, 5) is 26.8. The summed E-state index contributed by atoms with van der Waals surface area (Å²) in [7, 11) is 0. The fraction of sp³-hybridized carbons (Fsp3) is 0.233. The van der Waals surface area contributed by atoms with Crippen LogP contribution < -0.4 is 15.4 Å². The highest BCUT2D eigenvalue weighted by Gasteiger charge is 2.25. The Bertz CT molecular complexity index is 1740. The Hall–Kier alpha value is -4.70. The molecule has 7 rings (SSSR count). The second kappa shape index (κ2) is 10.1. The van der Waals surface area contributed by atoms with E-state index < -0.39 is 0 Å². The van der Waals surface area contributed by atoms with Crippen LogP contribution in [-0.2, 0) is 0 Å². The van der Waals surface area contributed by atoms with E-state index >= 15 is 0 Å². The molecule has 5 aromatic rings. The summed E-state index contributed by atoms with van der Waals surface area (Å²) in [5.41, 5.74) is 6.10. The minimum absolute atomic E-state index is 0.177. The maximum Gasteiger partial charge on any atom is 0.159 e. The highest BCUT2D eigenvalue weighted by Crippen LogP contribution is 2.32. The number of pyridine rings is 3. The highest BCUT2D eigenvalue weighted by molar-refractivity contribution is 6.15. The zero-order valence-electron chi connectivity index (χ0n) is 21.9. The average Bonchev–Trinajstić information content (AvgIpc) is 3.42. The number of imidazole rings is 1. The van der Waals surface area contributed by atoms with Crippen molar-refractivity contribution in [3.05, 3.63) is 84.6 Å². The van der Waals surface area contributed by atoms with Crippen molar-refractivity contribution >= 4 is 22.4 Å². The molecule has 6 heterocycles. The van der Waals surface area contributed by atoms with Crippen molar-refractivity contribution in [1.29, 1.82) is 0 Å².